The summed E-state index contributed by atoms with van der Waals surface area (Å²) in [6.45, 7) is 0.452. The van der Waals surface area contributed by atoms with E-state index in [9.17, 15) is 4.79 Å². The molecule has 6 heteroatoms. The molecule has 0 spiro atoms. The average molecular weight is 254 g/mol. The fourth-order valence-corrected chi connectivity index (χ4v) is 1.70. The van der Waals surface area contributed by atoms with Gasteiger partial charge in [-0.25, -0.2) is 0 Å². The largest absolute Gasteiger partial charge is 0.347 e. The zero-order valence-corrected chi connectivity index (χ0v) is 9.76. The second-order valence-corrected chi connectivity index (χ2v) is 4.15. The summed E-state index contributed by atoms with van der Waals surface area (Å²) in [5.41, 5.74) is 1.33. The summed E-state index contributed by atoms with van der Waals surface area (Å²) in [7, 11) is 0. The Kier molecular flexibility index (Phi) is 3.48. The van der Waals surface area contributed by atoms with Crippen LogP contribution in [-0.4, -0.2) is 15.5 Å². The van der Waals surface area contributed by atoms with Gasteiger partial charge >= 0.3 is 0 Å². The molecule has 1 N–H and O–H groups in total. The molecular formula is C10H8ClN3OS. The first-order valence-electron chi connectivity index (χ1n) is 4.55. The number of rotatable bonds is 3. The monoisotopic (exact) mass is 253 g/mol. The maximum atomic E-state index is 11.5. The highest BCUT2D eigenvalue weighted by molar-refractivity contribution is 7.03. The Morgan fingerprint density at radius 1 is 1.38 bits per heavy atom. The van der Waals surface area contributed by atoms with Crippen molar-refractivity contribution in [1.82, 2.24) is 14.9 Å². The molecule has 2 aromatic rings. The third-order valence-electron chi connectivity index (χ3n) is 1.96. The number of amides is 1. The Hall–Kier alpha value is -1.46. The number of carbonyl (C=O) groups is 1. The molecule has 1 aromatic heterocycles. The van der Waals surface area contributed by atoms with Gasteiger partial charge in [0.05, 0.1) is 0 Å². The molecule has 1 amide bonds. The summed E-state index contributed by atoms with van der Waals surface area (Å²) in [4.78, 5) is 11.5. The lowest BCUT2D eigenvalue weighted by atomic mass is 10.2. The van der Waals surface area contributed by atoms with E-state index in [-0.39, 0.29) is 5.91 Å². The van der Waals surface area contributed by atoms with Crippen LogP contribution in [0, 0.1) is 0 Å². The summed E-state index contributed by atoms with van der Waals surface area (Å²) < 4.78 is 3.62. The number of nitrogens with zero attached hydrogens (tertiary/aromatic N) is 2. The molecule has 0 saturated carbocycles. The van der Waals surface area contributed by atoms with Crippen LogP contribution < -0.4 is 5.32 Å². The van der Waals surface area contributed by atoms with Crippen molar-refractivity contribution in [2.75, 3.05) is 0 Å². The molecule has 0 unspecified atom stereocenters. The van der Waals surface area contributed by atoms with Gasteiger partial charge in [-0.2, -0.15) is 0 Å². The predicted molar refractivity (Wildman–Crippen MR) is 62.5 cm³/mol. The van der Waals surface area contributed by atoms with Crippen LogP contribution in [0.25, 0.3) is 0 Å². The van der Waals surface area contributed by atoms with Gasteiger partial charge in [-0.15, -0.1) is 5.10 Å². The van der Waals surface area contributed by atoms with Gasteiger partial charge in [-0.3, -0.25) is 4.79 Å². The highest BCUT2D eigenvalue weighted by Gasteiger charge is 2.07. The quantitative estimate of drug-likeness (QED) is 0.912. The molecule has 0 fully saturated rings. The highest BCUT2D eigenvalue weighted by atomic mass is 35.5. The third-order valence-corrected chi connectivity index (χ3v) is 2.72. The first-order chi connectivity index (χ1) is 7.75. The van der Waals surface area contributed by atoms with Crippen LogP contribution in [0.1, 0.15) is 16.1 Å². The molecule has 0 aliphatic rings. The first-order valence-corrected chi connectivity index (χ1v) is 5.77. The Morgan fingerprint density at radius 3 is 2.75 bits per heavy atom. The molecule has 2 rings (SSSR count). The summed E-state index contributed by atoms with van der Waals surface area (Å²) in [5, 5.41) is 8.71. The van der Waals surface area contributed by atoms with Gasteiger partial charge < -0.3 is 5.32 Å². The third kappa shape index (κ3) is 2.77. The van der Waals surface area contributed by atoms with E-state index in [4.69, 9.17) is 11.6 Å². The molecule has 0 aliphatic carbocycles. The molecule has 0 bridgehead atoms. The minimum absolute atomic E-state index is 0.219. The van der Waals surface area contributed by atoms with Crippen molar-refractivity contribution in [3.05, 3.63) is 45.9 Å². The lowest BCUT2D eigenvalue weighted by molar-refractivity contribution is 0.0946. The van der Waals surface area contributed by atoms with Gasteiger partial charge in [0.1, 0.15) is 0 Å². The van der Waals surface area contributed by atoms with Crippen LogP contribution in [-0.2, 0) is 6.54 Å². The summed E-state index contributed by atoms with van der Waals surface area (Å²) in [6, 6.07) is 7.30. The van der Waals surface area contributed by atoms with Gasteiger partial charge in [0.15, 0.2) is 5.69 Å². The van der Waals surface area contributed by atoms with E-state index in [0.29, 0.717) is 17.3 Å². The molecule has 0 aliphatic heterocycles. The van der Waals surface area contributed by atoms with Gasteiger partial charge in [-0.05, 0) is 29.2 Å². The zero-order valence-electron chi connectivity index (χ0n) is 8.18. The average Bonchev–Trinajstić information content (AvgIpc) is 2.81. The van der Waals surface area contributed by atoms with E-state index < -0.39 is 0 Å². The number of hydrogen-bond donors (Lipinski definition) is 1. The number of benzene rings is 1. The Balaban J connectivity index is 1.93. The summed E-state index contributed by atoms with van der Waals surface area (Å²) in [5.74, 6) is -0.219. The number of nitrogens with one attached hydrogen (secondary N) is 1. The minimum Gasteiger partial charge on any atom is -0.347 e. The number of aromatic nitrogens is 2. The molecule has 82 valence electrons. The van der Waals surface area contributed by atoms with E-state index >= 15 is 0 Å². The van der Waals surface area contributed by atoms with Crippen LogP contribution >= 0.6 is 23.1 Å². The van der Waals surface area contributed by atoms with Crippen LogP contribution in [0.3, 0.4) is 0 Å². The van der Waals surface area contributed by atoms with Crippen LogP contribution in [0.2, 0.25) is 5.02 Å². The fraction of sp³-hybridized carbons (Fsp3) is 0.100. The second kappa shape index (κ2) is 5.05. The molecule has 0 radical (unpaired) electrons. The van der Waals surface area contributed by atoms with E-state index in [1.165, 1.54) is 0 Å². The van der Waals surface area contributed by atoms with Crippen molar-refractivity contribution >= 4 is 29.0 Å². The molecule has 0 atom stereocenters. The Bertz CT molecular complexity index is 469. The molecule has 0 saturated heterocycles. The van der Waals surface area contributed by atoms with Gasteiger partial charge in [0.2, 0.25) is 0 Å². The SMILES string of the molecule is O=C(NCc1ccc(Cl)cc1)c1csnn1. The van der Waals surface area contributed by atoms with Crippen LogP contribution in [0.15, 0.2) is 29.6 Å². The van der Waals surface area contributed by atoms with E-state index in [2.05, 4.69) is 14.9 Å². The number of halogens is 1. The lowest BCUT2D eigenvalue weighted by Crippen LogP contribution is -2.23. The highest BCUT2D eigenvalue weighted by Crippen LogP contribution is 2.09. The molecule has 16 heavy (non-hydrogen) atoms. The van der Waals surface area contributed by atoms with Gasteiger partial charge in [-0.1, -0.05) is 28.2 Å². The second-order valence-electron chi connectivity index (χ2n) is 3.10. The van der Waals surface area contributed by atoms with E-state index in [1.54, 1.807) is 17.5 Å². The van der Waals surface area contributed by atoms with Crippen molar-refractivity contribution < 1.29 is 4.79 Å². The maximum absolute atomic E-state index is 11.5. The summed E-state index contributed by atoms with van der Waals surface area (Å²) in [6.07, 6.45) is 0. The number of carbonyl (C=O) groups excluding carboxylic acids is 1. The number of hydrogen-bond acceptors (Lipinski definition) is 4. The zero-order chi connectivity index (χ0) is 11.4. The van der Waals surface area contributed by atoms with E-state index in [1.807, 2.05) is 12.1 Å². The van der Waals surface area contributed by atoms with E-state index in [0.717, 1.165) is 17.1 Å². The van der Waals surface area contributed by atoms with Crippen molar-refractivity contribution in [1.29, 1.82) is 0 Å². The smallest absolute Gasteiger partial charge is 0.273 e. The van der Waals surface area contributed by atoms with Crippen molar-refractivity contribution in [3.8, 4) is 0 Å². The molecule has 1 heterocycles. The Labute approximate surface area is 101 Å². The van der Waals surface area contributed by atoms with Crippen molar-refractivity contribution in [2.45, 2.75) is 6.54 Å². The molecule has 4 nitrogen and oxygen atoms in total. The summed E-state index contributed by atoms with van der Waals surface area (Å²) >= 11 is 6.90. The van der Waals surface area contributed by atoms with Crippen LogP contribution in [0.5, 0.6) is 0 Å². The standard InChI is InChI=1S/C10H8ClN3OS/c11-8-3-1-7(2-4-8)5-12-10(15)9-6-16-14-13-9/h1-4,6H,5H2,(H,12,15). The lowest BCUT2D eigenvalue weighted by Gasteiger charge is -2.02. The van der Waals surface area contributed by atoms with Crippen molar-refractivity contribution in [2.24, 2.45) is 0 Å². The normalized spacial score (nSPS) is 10.1. The Morgan fingerprint density at radius 2 is 2.12 bits per heavy atom. The molecular weight excluding hydrogens is 246 g/mol. The fourth-order valence-electron chi connectivity index (χ4n) is 1.14. The predicted octanol–water partition coefficient (Wildman–Crippen LogP) is 2.12. The minimum atomic E-state index is -0.219. The maximum Gasteiger partial charge on any atom is 0.273 e. The molecule has 1 aromatic carbocycles. The van der Waals surface area contributed by atoms with Crippen molar-refractivity contribution in [3.63, 3.8) is 0 Å². The topological polar surface area (TPSA) is 54.9 Å². The van der Waals surface area contributed by atoms with Crippen LogP contribution in [0.4, 0.5) is 0 Å². The first kappa shape index (κ1) is 11.0. The van der Waals surface area contributed by atoms with Gasteiger partial charge in [0.25, 0.3) is 5.91 Å². The van der Waals surface area contributed by atoms with Gasteiger partial charge in [0, 0.05) is 16.9 Å².